The summed E-state index contributed by atoms with van der Waals surface area (Å²) in [5, 5.41) is 7.49. The van der Waals surface area contributed by atoms with E-state index >= 15 is 0 Å². The van der Waals surface area contributed by atoms with Gasteiger partial charge in [0.25, 0.3) is 0 Å². The van der Waals surface area contributed by atoms with Gasteiger partial charge in [0.1, 0.15) is 0 Å². The number of hydrogen-bond acceptors (Lipinski definition) is 2. The highest BCUT2D eigenvalue weighted by Crippen LogP contribution is 2.33. The summed E-state index contributed by atoms with van der Waals surface area (Å²) in [6.45, 7) is 5.57. The quantitative estimate of drug-likeness (QED) is 0.635. The van der Waals surface area contributed by atoms with E-state index in [1.54, 1.807) is 0 Å². The van der Waals surface area contributed by atoms with Crippen LogP contribution in [0.15, 0.2) is 30.3 Å². The summed E-state index contributed by atoms with van der Waals surface area (Å²) in [6.07, 6.45) is 4.48. The van der Waals surface area contributed by atoms with Crippen LogP contribution in [0.5, 0.6) is 0 Å². The fourth-order valence-corrected chi connectivity index (χ4v) is 3.54. The van der Waals surface area contributed by atoms with Crippen molar-refractivity contribution in [2.45, 2.75) is 45.6 Å². The molecule has 0 bridgehead atoms. The number of anilines is 1. The number of nitrogens with zero attached hydrogens (tertiary/aromatic N) is 1. The zero-order valence-corrected chi connectivity index (χ0v) is 12.7. The molecule has 0 spiro atoms. The normalized spacial score (nSPS) is 26.2. The van der Waals surface area contributed by atoms with Gasteiger partial charge >= 0.3 is 0 Å². The second kappa shape index (κ2) is 6.78. The van der Waals surface area contributed by atoms with Gasteiger partial charge < -0.3 is 10.6 Å². The van der Waals surface area contributed by atoms with Gasteiger partial charge in [-0.15, -0.1) is 0 Å². The maximum atomic E-state index is 7.49. The Balaban J connectivity index is 2.15. The van der Waals surface area contributed by atoms with Crippen LogP contribution in [0.25, 0.3) is 0 Å². The summed E-state index contributed by atoms with van der Waals surface area (Å²) < 4.78 is 0. The Morgan fingerprint density at radius 2 is 1.75 bits per heavy atom. The molecular formula is C17H27N3. The fourth-order valence-electron chi connectivity index (χ4n) is 3.54. The molecule has 1 saturated carbocycles. The van der Waals surface area contributed by atoms with Gasteiger partial charge in [0.15, 0.2) is 0 Å². The molecule has 20 heavy (non-hydrogen) atoms. The van der Waals surface area contributed by atoms with Gasteiger partial charge in [-0.1, -0.05) is 32.0 Å². The van der Waals surface area contributed by atoms with Crippen LogP contribution in [0.2, 0.25) is 0 Å². The number of nitrogens with two attached hydrogens (primary N) is 1. The molecule has 0 heterocycles. The second-order valence-corrected chi connectivity index (χ2v) is 6.38. The molecule has 0 aliphatic heterocycles. The lowest BCUT2D eigenvalue weighted by molar-refractivity contribution is 0.260. The SMILES string of the molecule is CC1CC(C)CC(N(CCC(=N)N)c2ccccc2)C1. The number of nitrogens with one attached hydrogen (secondary N) is 1. The van der Waals surface area contributed by atoms with E-state index in [2.05, 4.69) is 49.1 Å². The minimum Gasteiger partial charge on any atom is -0.388 e. The van der Waals surface area contributed by atoms with Crippen LogP contribution in [0.1, 0.15) is 39.5 Å². The third kappa shape index (κ3) is 3.99. The monoisotopic (exact) mass is 273 g/mol. The fraction of sp³-hybridized carbons (Fsp3) is 0.588. The summed E-state index contributed by atoms with van der Waals surface area (Å²) in [4.78, 5) is 2.47. The maximum absolute atomic E-state index is 7.49. The van der Waals surface area contributed by atoms with Crippen molar-refractivity contribution in [2.24, 2.45) is 17.6 Å². The first-order chi connectivity index (χ1) is 9.56. The first-order valence-electron chi connectivity index (χ1n) is 7.71. The van der Waals surface area contributed by atoms with Gasteiger partial charge in [-0.05, 0) is 43.2 Å². The van der Waals surface area contributed by atoms with Crippen LogP contribution in [0, 0.1) is 17.2 Å². The number of amidine groups is 1. The van der Waals surface area contributed by atoms with Crippen LogP contribution < -0.4 is 10.6 Å². The predicted molar refractivity (Wildman–Crippen MR) is 86.3 cm³/mol. The first kappa shape index (κ1) is 14.9. The van der Waals surface area contributed by atoms with Crippen LogP contribution in [0.4, 0.5) is 5.69 Å². The minimum absolute atomic E-state index is 0.280. The topological polar surface area (TPSA) is 53.1 Å². The summed E-state index contributed by atoms with van der Waals surface area (Å²) in [5.41, 5.74) is 6.82. The van der Waals surface area contributed by atoms with Crippen molar-refractivity contribution in [3.8, 4) is 0 Å². The molecule has 0 amide bonds. The predicted octanol–water partition coefficient (Wildman–Crippen LogP) is 3.64. The lowest BCUT2D eigenvalue weighted by atomic mass is 9.79. The highest BCUT2D eigenvalue weighted by Gasteiger charge is 2.28. The van der Waals surface area contributed by atoms with Crippen molar-refractivity contribution in [3.05, 3.63) is 30.3 Å². The molecule has 2 unspecified atom stereocenters. The molecule has 1 aromatic carbocycles. The molecule has 3 N–H and O–H groups in total. The van der Waals surface area contributed by atoms with Crippen LogP contribution >= 0.6 is 0 Å². The Labute approximate surface area is 122 Å². The molecular weight excluding hydrogens is 246 g/mol. The van der Waals surface area contributed by atoms with Crippen LogP contribution in [-0.2, 0) is 0 Å². The average molecular weight is 273 g/mol. The lowest BCUT2D eigenvalue weighted by Gasteiger charge is -2.40. The Morgan fingerprint density at radius 3 is 2.30 bits per heavy atom. The van der Waals surface area contributed by atoms with E-state index in [4.69, 9.17) is 11.1 Å². The van der Waals surface area contributed by atoms with E-state index in [-0.39, 0.29) is 5.84 Å². The third-order valence-corrected chi connectivity index (χ3v) is 4.30. The van der Waals surface area contributed by atoms with Crippen LogP contribution in [0.3, 0.4) is 0 Å². The standard InChI is InChI=1S/C17H27N3/c1-13-10-14(2)12-16(11-13)20(9-8-17(18)19)15-6-4-3-5-7-15/h3-7,13-14,16H,8-12H2,1-2H3,(H3,18,19). The zero-order chi connectivity index (χ0) is 14.5. The summed E-state index contributed by atoms with van der Waals surface area (Å²) in [7, 11) is 0. The molecule has 0 aromatic heterocycles. The van der Waals surface area contributed by atoms with E-state index in [1.807, 2.05) is 0 Å². The molecule has 2 atom stereocenters. The number of rotatable bonds is 5. The number of hydrogen-bond donors (Lipinski definition) is 2. The maximum Gasteiger partial charge on any atom is 0.0923 e. The van der Waals surface area contributed by atoms with Gasteiger partial charge in [-0.2, -0.15) is 0 Å². The van der Waals surface area contributed by atoms with E-state index in [0.29, 0.717) is 12.5 Å². The Morgan fingerprint density at radius 1 is 1.15 bits per heavy atom. The zero-order valence-electron chi connectivity index (χ0n) is 12.7. The second-order valence-electron chi connectivity index (χ2n) is 6.38. The van der Waals surface area contributed by atoms with Crippen molar-refractivity contribution < 1.29 is 0 Å². The van der Waals surface area contributed by atoms with Crippen molar-refractivity contribution in [2.75, 3.05) is 11.4 Å². The van der Waals surface area contributed by atoms with Crippen molar-refractivity contribution >= 4 is 11.5 Å². The molecule has 1 aliphatic rings. The Bertz CT molecular complexity index is 419. The molecule has 1 fully saturated rings. The van der Waals surface area contributed by atoms with Gasteiger partial charge in [0, 0.05) is 24.7 Å². The number of para-hydroxylation sites is 1. The molecule has 110 valence electrons. The van der Waals surface area contributed by atoms with E-state index in [1.165, 1.54) is 24.9 Å². The largest absolute Gasteiger partial charge is 0.388 e. The van der Waals surface area contributed by atoms with Crippen molar-refractivity contribution in [1.29, 1.82) is 5.41 Å². The molecule has 1 aromatic rings. The minimum atomic E-state index is 0.280. The Hall–Kier alpha value is -1.51. The van der Waals surface area contributed by atoms with Crippen LogP contribution in [-0.4, -0.2) is 18.4 Å². The van der Waals surface area contributed by atoms with Gasteiger partial charge in [0.2, 0.25) is 0 Å². The van der Waals surface area contributed by atoms with Gasteiger partial charge in [-0.25, -0.2) is 0 Å². The van der Waals surface area contributed by atoms with Gasteiger partial charge in [0.05, 0.1) is 5.84 Å². The van der Waals surface area contributed by atoms with E-state index < -0.39 is 0 Å². The molecule has 3 heteroatoms. The van der Waals surface area contributed by atoms with E-state index in [9.17, 15) is 0 Å². The Kier molecular flexibility index (Phi) is 5.05. The molecule has 2 rings (SSSR count). The smallest absolute Gasteiger partial charge is 0.0923 e. The third-order valence-electron chi connectivity index (χ3n) is 4.30. The summed E-state index contributed by atoms with van der Waals surface area (Å²) in [5.74, 6) is 1.85. The first-order valence-corrected chi connectivity index (χ1v) is 7.71. The molecule has 3 nitrogen and oxygen atoms in total. The summed E-state index contributed by atoms with van der Waals surface area (Å²) in [6, 6.07) is 11.2. The van der Waals surface area contributed by atoms with Gasteiger partial charge in [-0.3, -0.25) is 5.41 Å². The average Bonchev–Trinajstić information content (AvgIpc) is 2.38. The number of benzene rings is 1. The van der Waals surface area contributed by atoms with E-state index in [0.717, 1.165) is 18.4 Å². The molecule has 1 aliphatic carbocycles. The lowest BCUT2D eigenvalue weighted by Crippen LogP contribution is -2.42. The van der Waals surface area contributed by atoms with Crippen molar-refractivity contribution in [1.82, 2.24) is 0 Å². The van der Waals surface area contributed by atoms with Crippen molar-refractivity contribution in [3.63, 3.8) is 0 Å². The summed E-state index contributed by atoms with van der Waals surface area (Å²) >= 11 is 0. The molecule has 0 saturated heterocycles. The highest BCUT2D eigenvalue weighted by molar-refractivity contribution is 5.77. The molecule has 0 radical (unpaired) electrons. The highest BCUT2D eigenvalue weighted by atomic mass is 15.2.